The second-order valence-electron chi connectivity index (χ2n) is 12.3. The number of halogens is 1. The van der Waals surface area contributed by atoms with Crippen LogP contribution < -0.4 is 14.3 Å². The van der Waals surface area contributed by atoms with Gasteiger partial charge in [0.2, 0.25) is 11.8 Å². The third kappa shape index (κ3) is 5.36. The number of hydrogen-bond donors (Lipinski definition) is 2. The maximum absolute atomic E-state index is 13.8. The molecule has 3 fully saturated rings. The Morgan fingerprint density at radius 1 is 1.02 bits per heavy atom. The van der Waals surface area contributed by atoms with Crippen molar-refractivity contribution in [1.29, 1.82) is 0 Å². The number of carbonyl (C=O) groups is 3. The standard InChI is InChI=1S/C33H33ClN2O7S2/c1-42-22-13-17(8-11-21(22)43-15-16-6-9-18(34)10-7-16)24-25-19-14-20(28(25)44-30-29(24)45-33(41)35-30)27-26(19)31(39)36(32(27)40)12-4-2-3-5-23(37)38/h6-11,13,19-20,24-28H,2-5,12,14-15H2,1H3,(H,35,41)(H,37,38)/t19?,20?,24-,25?,26?,27?,28?/m1/s1. The average Bonchev–Trinajstić information content (AvgIpc) is 3.76. The van der Waals surface area contributed by atoms with Gasteiger partial charge in [0.25, 0.3) is 0 Å². The summed E-state index contributed by atoms with van der Waals surface area (Å²) >= 11 is 8.90. The quantitative estimate of drug-likeness (QED) is 0.194. The number of carboxylic acid groups (broad SMARTS) is 1. The summed E-state index contributed by atoms with van der Waals surface area (Å²) in [6.07, 6.45) is 2.70. The Balaban J connectivity index is 1.15. The Morgan fingerprint density at radius 2 is 1.78 bits per heavy atom. The molecule has 0 radical (unpaired) electrons. The van der Waals surface area contributed by atoms with Gasteiger partial charge in [0.1, 0.15) is 6.61 Å². The first-order valence-electron chi connectivity index (χ1n) is 15.3. The van der Waals surface area contributed by atoms with Crippen molar-refractivity contribution in [3.05, 3.63) is 73.2 Å². The van der Waals surface area contributed by atoms with E-state index in [1.54, 1.807) is 18.9 Å². The maximum atomic E-state index is 13.8. The molecule has 45 heavy (non-hydrogen) atoms. The van der Waals surface area contributed by atoms with E-state index < -0.39 is 5.97 Å². The van der Waals surface area contributed by atoms with Crippen LogP contribution in [0, 0.1) is 29.6 Å². The number of likely N-dealkylation sites (tertiary alicyclic amines) is 1. The van der Waals surface area contributed by atoms with Crippen molar-refractivity contribution in [2.45, 2.75) is 54.9 Å². The first kappa shape index (κ1) is 30.4. The zero-order valence-corrected chi connectivity index (χ0v) is 27.0. The summed E-state index contributed by atoms with van der Waals surface area (Å²) in [6, 6.07) is 13.4. The number of nitrogens with zero attached hydrogens (tertiary/aromatic N) is 1. The lowest BCUT2D eigenvalue weighted by molar-refractivity contribution is -0.141. The summed E-state index contributed by atoms with van der Waals surface area (Å²) < 4.78 is 11.9. The Hall–Kier alpha value is -3.28. The number of unbranched alkanes of at least 4 members (excludes halogenated alkanes) is 2. The molecule has 6 unspecified atom stereocenters. The van der Waals surface area contributed by atoms with Gasteiger partial charge in [-0.1, -0.05) is 47.6 Å². The number of carbonyl (C=O) groups excluding carboxylic acids is 2. The molecule has 4 aliphatic rings. The van der Waals surface area contributed by atoms with Crippen molar-refractivity contribution in [3.63, 3.8) is 0 Å². The van der Waals surface area contributed by atoms with E-state index in [0.29, 0.717) is 48.9 Å². The predicted molar refractivity (Wildman–Crippen MR) is 170 cm³/mol. The molecule has 3 aromatic rings. The van der Waals surface area contributed by atoms with Crippen LogP contribution in [0.25, 0.3) is 0 Å². The molecule has 2 amide bonds. The minimum atomic E-state index is -0.836. The Kier molecular flexibility index (Phi) is 8.20. The number of carboxylic acids is 1. The molecule has 2 N–H and O–H groups in total. The van der Waals surface area contributed by atoms with Crippen molar-refractivity contribution in [2.24, 2.45) is 29.6 Å². The van der Waals surface area contributed by atoms with Crippen molar-refractivity contribution in [1.82, 2.24) is 9.88 Å². The smallest absolute Gasteiger partial charge is 0.305 e. The van der Waals surface area contributed by atoms with Gasteiger partial charge in [-0.05, 0) is 72.4 Å². The molecule has 9 nitrogen and oxygen atoms in total. The number of thioether (sulfide) groups is 1. The van der Waals surface area contributed by atoms with Crippen LogP contribution in [-0.2, 0) is 21.0 Å². The molecule has 1 aromatic heterocycles. The van der Waals surface area contributed by atoms with Gasteiger partial charge in [0.15, 0.2) is 11.5 Å². The van der Waals surface area contributed by atoms with E-state index in [1.165, 1.54) is 16.2 Å². The number of thiazole rings is 1. The number of imide groups is 1. The highest BCUT2D eigenvalue weighted by Crippen LogP contribution is 2.68. The highest BCUT2D eigenvalue weighted by molar-refractivity contribution is 8.00. The number of benzene rings is 2. The molecular formula is C33H33ClN2O7S2. The molecule has 12 heteroatoms. The van der Waals surface area contributed by atoms with Crippen molar-refractivity contribution in [3.8, 4) is 11.5 Å². The summed E-state index contributed by atoms with van der Waals surface area (Å²) in [5.74, 6) is -0.485. The topological polar surface area (TPSA) is 126 Å². The number of aromatic nitrogens is 1. The minimum absolute atomic E-state index is 0.0214. The molecule has 2 saturated carbocycles. The molecule has 2 aliphatic carbocycles. The van der Waals surface area contributed by atoms with Gasteiger partial charge in [0, 0.05) is 34.0 Å². The lowest BCUT2D eigenvalue weighted by Crippen LogP contribution is -2.42. The van der Waals surface area contributed by atoms with Gasteiger partial charge in [-0.3, -0.25) is 24.1 Å². The van der Waals surface area contributed by atoms with Crippen LogP contribution in [0.1, 0.15) is 54.0 Å². The van der Waals surface area contributed by atoms with Crippen LogP contribution in [0.3, 0.4) is 0 Å². The van der Waals surface area contributed by atoms with Crippen molar-refractivity contribution < 1.29 is 29.0 Å². The molecule has 7 rings (SSSR count). The fourth-order valence-corrected chi connectivity index (χ4v) is 11.1. The summed E-state index contributed by atoms with van der Waals surface area (Å²) in [7, 11) is 1.61. The fraction of sp³-hybridized carbons (Fsp3) is 0.455. The van der Waals surface area contributed by atoms with E-state index in [9.17, 15) is 19.2 Å². The first-order chi connectivity index (χ1) is 21.7. The highest BCUT2D eigenvalue weighted by atomic mass is 35.5. The third-order valence-corrected chi connectivity index (χ3v) is 12.8. The number of rotatable bonds is 11. The van der Waals surface area contributed by atoms with Crippen molar-refractivity contribution >= 4 is 52.5 Å². The predicted octanol–water partition coefficient (Wildman–Crippen LogP) is 5.80. The number of methoxy groups -OCH3 is 1. The van der Waals surface area contributed by atoms with Crippen LogP contribution in [0.5, 0.6) is 11.5 Å². The molecule has 2 aliphatic heterocycles. The van der Waals surface area contributed by atoms with Gasteiger partial charge >= 0.3 is 10.8 Å². The van der Waals surface area contributed by atoms with Gasteiger partial charge in [0.05, 0.1) is 24.0 Å². The fourth-order valence-electron chi connectivity index (χ4n) is 8.13. The monoisotopic (exact) mass is 668 g/mol. The average molecular weight is 669 g/mol. The maximum Gasteiger partial charge on any atom is 0.305 e. The third-order valence-electron chi connectivity index (χ3n) is 9.94. The first-order valence-corrected chi connectivity index (χ1v) is 17.3. The van der Waals surface area contributed by atoms with Crippen LogP contribution in [0.15, 0.2) is 52.3 Å². The number of amides is 2. The second kappa shape index (κ2) is 12.1. The number of aromatic amines is 1. The molecule has 0 spiro atoms. The number of fused-ring (bicyclic) bond motifs is 9. The number of aliphatic carboxylic acids is 1. The van der Waals surface area contributed by atoms with Gasteiger partial charge in [-0.2, -0.15) is 0 Å². The van der Waals surface area contributed by atoms with Crippen LogP contribution >= 0.6 is 34.7 Å². The lowest BCUT2D eigenvalue weighted by Gasteiger charge is -2.43. The van der Waals surface area contributed by atoms with Gasteiger partial charge in [-0.15, -0.1) is 11.8 Å². The Morgan fingerprint density at radius 3 is 2.51 bits per heavy atom. The summed E-state index contributed by atoms with van der Waals surface area (Å²) in [5, 5.41) is 10.5. The number of ether oxygens (including phenoxy) is 2. The SMILES string of the molecule is COc1cc([C@H]2c3sc(=O)[nH]c3SC3C4CC(C5C(=O)N(CCCCCC(=O)O)C(=O)C45)C32)ccc1OCc1ccc(Cl)cc1. The van der Waals surface area contributed by atoms with Crippen LogP contribution in [0.2, 0.25) is 5.02 Å². The summed E-state index contributed by atoms with van der Waals surface area (Å²) in [5.41, 5.74) is 1.97. The van der Waals surface area contributed by atoms with E-state index >= 15 is 0 Å². The number of nitrogens with one attached hydrogen (secondary N) is 1. The molecular weight excluding hydrogens is 636 g/mol. The number of H-pyrrole nitrogens is 1. The molecule has 1 saturated heterocycles. The largest absolute Gasteiger partial charge is 0.493 e. The Labute approximate surface area is 273 Å². The zero-order valence-electron chi connectivity index (χ0n) is 24.6. The zero-order chi connectivity index (χ0) is 31.4. The van der Waals surface area contributed by atoms with Crippen molar-refractivity contribution in [2.75, 3.05) is 13.7 Å². The summed E-state index contributed by atoms with van der Waals surface area (Å²) in [4.78, 5) is 56.3. The number of hydrogen-bond acceptors (Lipinski definition) is 8. The lowest BCUT2D eigenvalue weighted by atomic mass is 9.68. The molecule has 236 valence electrons. The van der Waals surface area contributed by atoms with Crippen LogP contribution in [0.4, 0.5) is 0 Å². The minimum Gasteiger partial charge on any atom is -0.493 e. The molecule has 7 atom stereocenters. The summed E-state index contributed by atoms with van der Waals surface area (Å²) in [6.45, 7) is 0.686. The van der Waals surface area contributed by atoms with E-state index in [4.69, 9.17) is 26.2 Å². The van der Waals surface area contributed by atoms with Gasteiger partial charge in [-0.25, -0.2) is 0 Å². The van der Waals surface area contributed by atoms with Crippen LogP contribution in [-0.4, -0.2) is 51.7 Å². The van der Waals surface area contributed by atoms with E-state index in [0.717, 1.165) is 27.5 Å². The second-order valence-corrected chi connectivity index (χ2v) is 15.0. The Bertz CT molecular complexity index is 1710. The molecule has 2 bridgehead atoms. The molecule has 2 aromatic carbocycles. The highest BCUT2D eigenvalue weighted by Gasteiger charge is 2.69. The molecule has 3 heterocycles. The van der Waals surface area contributed by atoms with Gasteiger partial charge < -0.3 is 19.6 Å². The normalized spacial score (nSPS) is 27.8. The van der Waals surface area contributed by atoms with E-state index in [2.05, 4.69) is 4.98 Å². The van der Waals surface area contributed by atoms with E-state index in [-0.39, 0.29) is 63.9 Å². The van der Waals surface area contributed by atoms with E-state index in [1.807, 2.05) is 42.5 Å².